The van der Waals surface area contributed by atoms with E-state index in [0.29, 0.717) is 5.41 Å². The van der Waals surface area contributed by atoms with E-state index >= 15 is 0 Å². The van der Waals surface area contributed by atoms with Gasteiger partial charge in [0, 0.05) is 18.5 Å². The van der Waals surface area contributed by atoms with Gasteiger partial charge in [0.05, 0.1) is 11.8 Å². The van der Waals surface area contributed by atoms with Gasteiger partial charge in [-0.15, -0.1) is 0 Å². The molecule has 1 saturated carbocycles. The Balaban J connectivity index is 1.82. The number of benzene rings is 1. The molecule has 1 fully saturated rings. The van der Waals surface area contributed by atoms with E-state index in [-0.39, 0.29) is 6.10 Å². The van der Waals surface area contributed by atoms with Crippen molar-refractivity contribution < 1.29 is 4.74 Å². The van der Waals surface area contributed by atoms with Crippen LogP contribution in [0.15, 0.2) is 18.2 Å². The molecule has 2 aliphatic rings. The largest absolute Gasteiger partial charge is 0.489 e. The predicted molar refractivity (Wildman–Crippen MR) is 84.7 cm³/mol. The molecule has 0 bridgehead atoms. The molecule has 0 amide bonds. The summed E-state index contributed by atoms with van der Waals surface area (Å²) in [5, 5.41) is 7.33. The second kappa shape index (κ2) is 5.55. The Morgan fingerprint density at radius 1 is 1.05 bits per heavy atom. The number of hydrogen-bond donors (Lipinski definition) is 2. The molecular weight excluding hydrogens is 248 g/mol. The molecule has 0 aromatic heterocycles. The zero-order valence-corrected chi connectivity index (χ0v) is 12.7. The van der Waals surface area contributed by atoms with Crippen LogP contribution in [0.25, 0.3) is 0 Å². The van der Waals surface area contributed by atoms with Crippen LogP contribution in [0.4, 0.5) is 11.4 Å². The van der Waals surface area contributed by atoms with Crippen molar-refractivity contribution in [1.82, 2.24) is 0 Å². The van der Waals surface area contributed by atoms with Crippen LogP contribution >= 0.6 is 0 Å². The molecule has 3 rings (SSSR count). The molecule has 1 aliphatic carbocycles. The molecule has 110 valence electrons. The number of hydrogen-bond acceptors (Lipinski definition) is 3. The van der Waals surface area contributed by atoms with Crippen molar-refractivity contribution in [1.29, 1.82) is 0 Å². The summed E-state index contributed by atoms with van der Waals surface area (Å²) in [4.78, 5) is 0. The molecule has 3 nitrogen and oxygen atoms in total. The molecule has 1 aromatic carbocycles. The highest BCUT2D eigenvalue weighted by Gasteiger charge is 2.34. The topological polar surface area (TPSA) is 33.3 Å². The van der Waals surface area contributed by atoms with Crippen LogP contribution in [0.1, 0.15) is 46.0 Å². The Hall–Kier alpha value is -1.38. The summed E-state index contributed by atoms with van der Waals surface area (Å²) in [6.45, 7) is 6.29. The van der Waals surface area contributed by atoms with Crippen molar-refractivity contribution in [3.05, 3.63) is 18.2 Å². The average molecular weight is 274 g/mol. The van der Waals surface area contributed by atoms with Crippen LogP contribution in [-0.2, 0) is 0 Å². The average Bonchev–Trinajstić information content (AvgIpc) is 2.61. The minimum atomic E-state index is 0.204. The molecule has 1 aromatic rings. The standard InChI is InChI=1S/C17H26N2O/c1-13(2)20-15-8-6-7-14-16(15)19-12-17(11-18-14)9-4-3-5-10-17/h6-8,13,18-19H,3-5,9-12H2,1-2H3. The van der Waals surface area contributed by atoms with Crippen molar-refractivity contribution in [3.8, 4) is 5.75 Å². The lowest BCUT2D eigenvalue weighted by Gasteiger charge is -2.36. The van der Waals surface area contributed by atoms with E-state index in [0.717, 1.165) is 24.5 Å². The maximum Gasteiger partial charge on any atom is 0.144 e. The summed E-state index contributed by atoms with van der Waals surface area (Å²) in [7, 11) is 0. The normalized spacial score (nSPS) is 20.8. The quantitative estimate of drug-likeness (QED) is 0.845. The monoisotopic (exact) mass is 274 g/mol. The molecular formula is C17H26N2O. The third-order valence-corrected chi connectivity index (χ3v) is 4.60. The number of para-hydroxylation sites is 1. The first-order valence-corrected chi connectivity index (χ1v) is 7.96. The lowest BCUT2D eigenvalue weighted by atomic mass is 9.74. The van der Waals surface area contributed by atoms with Crippen molar-refractivity contribution in [3.63, 3.8) is 0 Å². The Bertz CT molecular complexity index is 464. The molecule has 0 atom stereocenters. The second-order valence-electron chi connectivity index (χ2n) is 6.61. The van der Waals surface area contributed by atoms with Gasteiger partial charge in [-0.25, -0.2) is 0 Å². The molecule has 1 spiro atoms. The maximum atomic E-state index is 5.94. The zero-order chi connectivity index (χ0) is 14.0. The smallest absolute Gasteiger partial charge is 0.144 e. The van der Waals surface area contributed by atoms with Crippen molar-refractivity contribution in [2.75, 3.05) is 23.7 Å². The molecule has 0 saturated heterocycles. The zero-order valence-electron chi connectivity index (χ0n) is 12.7. The van der Waals surface area contributed by atoms with Crippen LogP contribution in [0, 0.1) is 5.41 Å². The van der Waals surface area contributed by atoms with Crippen LogP contribution in [0.3, 0.4) is 0 Å². The third-order valence-electron chi connectivity index (χ3n) is 4.60. The van der Waals surface area contributed by atoms with Gasteiger partial charge >= 0.3 is 0 Å². The van der Waals surface area contributed by atoms with Gasteiger partial charge in [-0.05, 0) is 38.8 Å². The number of ether oxygens (including phenoxy) is 1. The molecule has 1 aliphatic heterocycles. The van der Waals surface area contributed by atoms with E-state index < -0.39 is 0 Å². The number of fused-ring (bicyclic) bond motifs is 1. The Kier molecular flexibility index (Phi) is 3.77. The fourth-order valence-corrected chi connectivity index (χ4v) is 3.49. The van der Waals surface area contributed by atoms with Gasteiger partial charge in [0.2, 0.25) is 0 Å². The summed E-state index contributed by atoms with van der Waals surface area (Å²) < 4.78 is 5.94. The third kappa shape index (κ3) is 2.72. The SMILES string of the molecule is CC(C)Oc1cccc2c1NCC1(CCCCC1)CN2. The number of anilines is 2. The summed E-state index contributed by atoms with van der Waals surface area (Å²) in [5.74, 6) is 0.970. The van der Waals surface area contributed by atoms with Crippen LogP contribution < -0.4 is 15.4 Å². The lowest BCUT2D eigenvalue weighted by molar-refractivity contribution is 0.223. The van der Waals surface area contributed by atoms with Gasteiger partial charge in [0.1, 0.15) is 11.4 Å². The molecule has 20 heavy (non-hydrogen) atoms. The predicted octanol–water partition coefficient (Wildman–Crippen LogP) is 4.26. The van der Waals surface area contributed by atoms with Gasteiger partial charge in [-0.1, -0.05) is 25.3 Å². The highest BCUT2D eigenvalue weighted by atomic mass is 16.5. The minimum Gasteiger partial charge on any atom is -0.489 e. The summed E-state index contributed by atoms with van der Waals surface area (Å²) >= 11 is 0. The maximum absolute atomic E-state index is 5.94. The summed E-state index contributed by atoms with van der Waals surface area (Å²) in [6.07, 6.45) is 7.01. The van der Waals surface area contributed by atoms with E-state index in [1.807, 2.05) is 0 Å². The van der Waals surface area contributed by atoms with Gasteiger partial charge < -0.3 is 15.4 Å². The van der Waals surface area contributed by atoms with E-state index in [9.17, 15) is 0 Å². The van der Waals surface area contributed by atoms with Crippen molar-refractivity contribution in [2.24, 2.45) is 5.41 Å². The number of nitrogens with one attached hydrogen (secondary N) is 2. The van der Waals surface area contributed by atoms with Crippen molar-refractivity contribution >= 4 is 11.4 Å². The fraction of sp³-hybridized carbons (Fsp3) is 0.647. The molecule has 0 unspecified atom stereocenters. The highest BCUT2D eigenvalue weighted by molar-refractivity contribution is 5.76. The van der Waals surface area contributed by atoms with Crippen molar-refractivity contribution in [2.45, 2.75) is 52.1 Å². The Morgan fingerprint density at radius 3 is 2.55 bits per heavy atom. The molecule has 1 heterocycles. The Morgan fingerprint density at radius 2 is 1.80 bits per heavy atom. The van der Waals surface area contributed by atoms with E-state index in [4.69, 9.17) is 4.74 Å². The Labute approximate surface area is 122 Å². The first-order valence-electron chi connectivity index (χ1n) is 7.96. The van der Waals surface area contributed by atoms with Gasteiger partial charge in [-0.3, -0.25) is 0 Å². The molecule has 0 radical (unpaired) electrons. The van der Waals surface area contributed by atoms with Gasteiger partial charge in [0.15, 0.2) is 0 Å². The van der Waals surface area contributed by atoms with E-state index in [1.165, 1.54) is 37.8 Å². The van der Waals surface area contributed by atoms with Crippen LogP contribution in [0.5, 0.6) is 5.75 Å². The van der Waals surface area contributed by atoms with E-state index in [2.05, 4.69) is 42.7 Å². The summed E-state index contributed by atoms with van der Waals surface area (Å²) in [5.41, 5.74) is 2.75. The van der Waals surface area contributed by atoms with Gasteiger partial charge in [0.25, 0.3) is 0 Å². The molecule has 2 N–H and O–H groups in total. The van der Waals surface area contributed by atoms with Crippen LogP contribution in [0.2, 0.25) is 0 Å². The van der Waals surface area contributed by atoms with E-state index in [1.54, 1.807) is 0 Å². The minimum absolute atomic E-state index is 0.204. The summed E-state index contributed by atoms with van der Waals surface area (Å²) in [6, 6.07) is 6.29. The van der Waals surface area contributed by atoms with Gasteiger partial charge in [-0.2, -0.15) is 0 Å². The highest BCUT2D eigenvalue weighted by Crippen LogP contribution is 2.42. The number of rotatable bonds is 2. The lowest BCUT2D eigenvalue weighted by Crippen LogP contribution is -2.36. The second-order valence-corrected chi connectivity index (χ2v) is 6.61. The fourth-order valence-electron chi connectivity index (χ4n) is 3.49. The van der Waals surface area contributed by atoms with Crippen LogP contribution in [-0.4, -0.2) is 19.2 Å². The first kappa shape index (κ1) is 13.6. The first-order chi connectivity index (χ1) is 9.69. The molecule has 3 heteroatoms.